The number of amides is 1. The minimum Gasteiger partial charge on any atom is -0.497 e. The van der Waals surface area contributed by atoms with E-state index in [4.69, 9.17) is 10.5 Å². The molecule has 0 atom stereocenters. The van der Waals surface area contributed by atoms with Gasteiger partial charge >= 0.3 is 0 Å². The van der Waals surface area contributed by atoms with Crippen LogP contribution in [0.4, 0.5) is 5.69 Å². The molecule has 1 aromatic rings. The lowest BCUT2D eigenvalue weighted by Gasteiger charge is -2.09. The van der Waals surface area contributed by atoms with Gasteiger partial charge in [0, 0.05) is 23.9 Å². The Hall–Kier alpha value is -1.71. The number of carbonyl (C=O) groups excluding carboxylic acids is 1. The fourth-order valence-electron chi connectivity index (χ4n) is 1.27. The van der Waals surface area contributed by atoms with Crippen LogP contribution >= 0.6 is 0 Å². The van der Waals surface area contributed by atoms with Gasteiger partial charge < -0.3 is 15.8 Å². The zero-order chi connectivity index (χ0) is 12.1. The molecule has 0 unspecified atom stereocenters. The van der Waals surface area contributed by atoms with E-state index in [1.807, 2.05) is 13.8 Å². The summed E-state index contributed by atoms with van der Waals surface area (Å²) in [4.78, 5) is 11.7. The average Bonchev–Trinajstić information content (AvgIpc) is 2.24. The first-order valence-corrected chi connectivity index (χ1v) is 5.25. The quantitative estimate of drug-likeness (QED) is 0.761. The average molecular weight is 222 g/mol. The number of methoxy groups -OCH3 is 1. The van der Waals surface area contributed by atoms with Crippen LogP contribution in [-0.2, 0) is 0 Å². The molecule has 1 aromatic carbocycles. The molecule has 0 aliphatic heterocycles. The van der Waals surface area contributed by atoms with Crippen LogP contribution in [-0.4, -0.2) is 19.6 Å². The zero-order valence-electron chi connectivity index (χ0n) is 9.91. The molecule has 0 heterocycles. The molecule has 0 aliphatic rings. The van der Waals surface area contributed by atoms with E-state index < -0.39 is 0 Å². The minimum absolute atomic E-state index is 0.126. The Bertz CT molecular complexity index is 375. The number of nitrogens with one attached hydrogen (secondary N) is 1. The van der Waals surface area contributed by atoms with Crippen molar-refractivity contribution in [2.75, 3.05) is 19.4 Å². The van der Waals surface area contributed by atoms with E-state index >= 15 is 0 Å². The van der Waals surface area contributed by atoms with Crippen LogP contribution < -0.4 is 15.8 Å². The SMILES string of the molecule is COc1cc(N)cc(C(=O)NCC(C)C)c1. The van der Waals surface area contributed by atoms with Crippen molar-refractivity contribution in [3.63, 3.8) is 0 Å². The Labute approximate surface area is 95.8 Å². The second kappa shape index (κ2) is 5.39. The monoisotopic (exact) mass is 222 g/mol. The summed E-state index contributed by atoms with van der Waals surface area (Å²) >= 11 is 0. The highest BCUT2D eigenvalue weighted by atomic mass is 16.5. The van der Waals surface area contributed by atoms with Gasteiger partial charge in [-0.3, -0.25) is 4.79 Å². The molecule has 4 heteroatoms. The van der Waals surface area contributed by atoms with Gasteiger partial charge in [0.05, 0.1) is 7.11 Å². The van der Waals surface area contributed by atoms with E-state index in [0.717, 1.165) is 0 Å². The second-order valence-electron chi connectivity index (χ2n) is 4.10. The highest BCUT2D eigenvalue weighted by Crippen LogP contribution is 2.18. The van der Waals surface area contributed by atoms with Crippen molar-refractivity contribution < 1.29 is 9.53 Å². The van der Waals surface area contributed by atoms with Gasteiger partial charge in [0.1, 0.15) is 5.75 Å². The van der Waals surface area contributed by atoms with Crippen LogP contribution in [0.3, 0.4) is 0 Å². The summed E-state index contributed by atoms with van der Waals surface area (Å²) in [5, 5.41) is 2.83. The van der Waals surface area contributed by atoms with Gasteiger partial charge in [-0.05, 0) is 18.1 Å². The van der Waals surface area contributed by atoms with Gasteiger partial charge in [0.15, 0.2) is 0 Å². The second-order valence-corrected chi connectivity index (χ2v) is 4.10. The van der Waals surface area contributed by atoms with Crippen LogP contribution in [0.1, 0.15) is 24.2 Å². The molecule has 3 N–H and O–H groups in total. The number of hydrogen-bond donors (Lipinski definition) is 2. The smallest absolute Gasteiger partial charge is 0.251 e. The first kappa shape index (κ1) is 12.4. The number of ether oxygens (including phenoxy) is 1. The topological polar surface area (TPSA) is 64.3 Å². The van der Waals surface area contributed by atoms with E-state index in [1.54, 1.807) is 25.3 Å². The number of nitrogens with two attached hydrogens (primary N) is 1. The first-order valence-electron chi connectivity index (χ1n) is 5.25. The zero-order valence-corrected chi connectivity index (χ0v) is 9.91. The van der Waals surface area contributed by atoms with Crippen molar-refractivity contribution in [3.05, 3.63) is 23.8 Å². The minimum atomic E-state index is -0.126. The van der Waals surface area contributed by atoms with Crippen LogP contribution in [0.5, 0.6) is 5.75 Å². The maximum absolute atomic E-state index is 11.7. The van der Waals surface area contributed by atoms with Crippen molar-refractivity contribution in [3.8, 4) is 5.75 Å². The van der Waals surface area contributed by atoms with E-state index in [9.17, 15) is 4.79 Å². The molecule has 0 saturated heterocycles. The van der Waals surface area contributed by atoms with Crippen LogP contribution in [0.25, 0.3) is 0 Å². The number of hydrogen-bond acceptors (Lipinski definition) is 3. The number of carbonyl (C=O) groups is 1. The Morgan fingerprint density at radius 3 is 2.69 bits per heavy atom. The largest absolute Gasteiger partial charge is 0.497 e. The van der Waals surface area contributed by atoms with Crippen molar-refractivity contribution >= 4 is 11.6 Å². The molecular weight excluding hydrogens is 204 g/mol. The highest BCUT2D eigenvalue weighted by molar-refractivity contribution is 5.95. The van der Waals surface area contributed by atoms with Gasteiger partial charge in [-0.1, -0.05) is 13.8 Å². The third-order valence-corrected chi connectivity index (χ3v) is 2.10. The molecule has 0 fully saturated rings. The number of nitrogen functional groups attached to an aromatic ring is 1. The number of anilines is 1. The van der Waals surface area contributed by atoms with E-state index in [-0.39, 0.29) is 5.91 Å². The van der Waals surface area contributed by atoms with Gasteiger partial charge in [-0.15, -0.1) is 0 Å². The molecule has 88 valence electrons. The van der Waals surface area contributed by atoms with Crippen molar-refractivity contribution in [1.29, 1.82) is 0 Å². The molecule has 0 aliphatic carbocycles. The Morgan fingerprint density at radius 2 is 2.12 bits per heavy atom. The van der Waals surface area contributed by atoms with Gasteiger partial charge in [0.25, 0.3) is 5.91 Å². The molecule has 0 radical (unpaired) electrons. The summed E-state index contributed by atoms with van der Waals surface area (Å²) in [5.74, 6) is 0.890. The molecule has 1 rings (SSSR count). The number of benzene rings is 1. The molecule has 0 spiro atoms. The molecule has 4 nitrogen and oxygen atoms in total. The van der Waals surface area contributed by atoms with Crippen molar-refractivity contribution in [1.82, 2.24) is 5.32 Å². The van der Waals surface area contributed by atoms with Crippen LogP contribution in [0.15, 0.2) is 18.2 Å². The fourth-order valence-corrected chi connectivity index (χ4v) is 1.27. The lowest BCUT2D eigenvalue weighted by atomic mass is 10.1. The van der Waals surface area contributed by atoms with E-state index in [0.29, 0.717) is 29.5 Å². The van der Waals surface area contributed by atoms with Crippen molar-refractivity contribution in [2.45, 2.75) is 13.8 Å². The molecule has 0 bridgehead atoms. The van der Waals surface area contributed by atoms with Crippen molar-refractivity contribution in [2.24, 2.45) is 5.92 Å². The Kier molecular flexibility index (Phi) is 4.17. The van der Waals surface area contributed by atoms with Gasteiger partial charge in [0.2, 0.25) is 0 Å². The van der Waals surface area contributed by atoms with Crippen LogP contribution in [0, 0.1) is 5.92 Å². The predicted molar refractivity (Wildman–Crippen MR) is 64.6 cm³/mol. The molecule has 16 heavy (non-hydrogen) atoms. The summed E-state index contributed by atoms with van der Waals surface area (Å²) < 4.78 is 5.05. The predicted octanol–water partition coefficient (Wildman–Crippen LogP) is 1.66. The lowest BCUT2D eigenvalue weighted by Crippen LogP contribution is -2.27. The van der Waals surface area contributed by atoms with Crippen LogP contribution in [0.2, 0.25) is 0 Å². The number of rotatable bonds is 4. The normalized spacial score (nSPS) is 10.2. The Balaban J connectivity index is 2.78. The summed E-state index contributed by atoms with van der Waals surface area (Å²) in [5.41, 5.74) is 6.72. The maximum atomic E-state index is 11.7. The fraction of sp³-hybridized carbons (Fsp3) is 0.417. The molecular formula is C12H18N2O2. The lowest BCUT2D eigenvalue weighted by molar-refractivity contribution is 0.0948. The summed E-state index contributed by atoms with van der Waals surface area (Å²) in [6.45, 7) is 4.73. The maximum Gasteiger partial charge on any atom is 0.251 e. The van der Waals surface area contributed by atoms with E-state index in [2.05, 4.69) is 5.32 Å². The Morgan fingerprint density at radius 1 is 1.44 bits per heavy atom. The third kappa shape index (κ3) is 3.46. The highest BCUT2D eigenvalue weighted by Gasteiger charge is 2.08. The first-order chi connectivity index (χ1) is 7.52. The van der Waals surface area contributed by atoms with Gasteiger partial charge in [-0.25, -0.2) is 0 Å². The third-order valence-electron chi connectivity index (χ3n) is 2.10. The summed E-state index contributed by atoms with van der Waals surface area (Å²) in [6, 6.07) is 4.99. The molecule has 0 saturated carbocycles. The van der Waals surface area contributed by atoms with Gasteiger partial charge in [-0.2, -0.15) is 0 Å². The molecule has 1 amide bonds. The van der Waals surface area contributed by atoms with E-state index in [1.165, 1.54) is 0 Å². The summed E-state index contributed by atoms with van der Waals surface area (Å²) in [6.07, 6.45) is 0. The molecule has 0 aromatic heterocycles. The standard InChI is InChI=1S/C12H18N2O2/c1-8(2)7-14-12(15)9-4-10(13)6-11(5-9)16-3/h4-6,8H,7,13H2,1-3H3,(H,14,15). The summed E-state index contributed by atoms with van der Waals surface area (Å²) in [7, 11) is 1.55.